The van der Waals surface area contributed by atoms with Gasteiger partial charge in [-0.15, -0.1) is 0 Å². The van der Waals surface area contributed by atoms with Crippen molar-refractivity contribution in [2.75, 3.05) is 0 Å². The van der Waals surface area contributed by atoms with Crippen molar-refractivity contribution in [3.05, 3.63) is 53.5 Å². The summed E-state index contributed by atoms with van der Waals surface area (Å²) >= 11 is 0. The lowest BCUT2D eigenvalue weighted by atomic mass is 10.1. The molecule has 0 aliphatic rings. The second kappa shape index (κ2) is 3.81. The Bertz CT molecular complexity index is 474. The second-order valence-corrected chi connectivity index (χ2v) is 3.68. The zero-order chi connectivity index (χ0) is 10.8. The Kier molecular flexibility index (Phi) is 2.50. The van der Waals surface area contributed by atoms with Crippen LogP contribution < -0.4 is 0 Å². The van der Waals surface area contributed by atoms with Crippen molar-refractivity contribution >= 4 is 0 Å². The van der Waals surface area contributed by atoms with Crippen molar-refractivity contribution in [3.8, 4) is 11.3 Å². The van der Waals surface area contributed by atoms with E-state index >= 15 is 0 Å². The molecule has 1 heterocycles. The lowest BCUT2D eigenvalue weighted by Crippen LogP contribution is -1.89. The summed E-state index contributed by atoms with van der Waals surface area (Å²) in [5.74, 6) is -0.208. The highest BCUT2D eigenvalue weighted by molar-refractivity contribution is 5.59. The van der Waals surface area contributed by atoms with Crippen LogP contribution in [0.5, 0.6) is 0 Å². The number of benzene rings is 1. The fourth-order valence-electron chi connectivity index (χ4n) is 1.38. The van der Waals surface area contributed by atoms with Crippen molar-refractivity contribution in [2.45, 2.75) is 13.8 Å². The summed E-state index contributed by atoms with van der Waals surface area (Å²) in [6.07, 6.45) is 1.56. The molecule has 76 valence electrons. The van der Waals surface area contributed by atoms with Crippen molar-refractivity contribution in [3.63, 3.8) is 0 Å². The van der Waals surface area contributed by atoms with E-state index in [4.69, 9.17) is 0 Å². The predicted molar refractivity (Wildman–Crippen MR) is 59.1 cm³/mol. The normalized spacial score (nSPS) is 10.3. The van der Waals surface area contributed by atoms with Crippen LogP contribution in [0.3, 0.4) is 0 Å². The van der Waals surface area contributed by atoms with Gasteiger partial charge in [0.1, 0.15) is 5.82 Å². The number of hydrogen-bond donors (Lipinski definition) is 0. The first-order chi connectivity index (χ1) is 7.16. The molecule has 0 fully saturated rings. The molecule has 0 unspecified atom stereocenters. The maximum Gasteiger partial charge on any atom is 0.129 e. The minimum absolute atomic E-state index is 0.208. The number of pyridine rings is 1. The zero-order valence-corrected chi connectivity index (χ0v) is 8.79. The molecule has 0 saturated carbocycles. The average molecular weight is 201 g/mol. The topological polar surface area (TPSA) is 12.9 Å². The van der Waals surface area contributed by atoms with E-state index in [0.29, 0.717) is 11.3 Å². The number of nitrogens with zero attached hydrogens (tertiary/aromatic N) is 1. The maximum absolute atomic E-state index is 13.3. The van der Waals surface area contributed by atoms with Gasteiger partial charge < -0.3 is 0 Å². The molecule has 0 N–H and O–H groups in total. The Morgan fingerprint density at radius 2 is 1.73 bits per heavy atom. The van der Waals surface area contributed by atoms with E-state index in [1.165, 1.54) is 11.6 Å². The quantitative estimate of drug-likeness (QED) is 0.688. The Balaban J connectivity index is 2.45. The predicted octanol–water partition coefficient (Wildman–Crippen LogP) is 3.50. The molecule has 2 heteroatoms. The van der Waals surface area contributed by atoms with Crippen LogP contribution in [-0.2, 0) is 0 Å². The number of hydrogen-bond acceptors (Lipinski definition) is 1. The Morgan fingerprint density at radius 1 is 1.07 bits per heavy atom. The number of aryl methyl sites for hydroxylation is 2. The van der Waals surface area contributed by atoms with Gasteiger partial charge in [0.25, 0.3) is 0 Å². The van der Waals surface area contributed by atoms with Crippen LogP contribution in [0, 0.1) is 19.7 Å². The van der Waals surface area contributed by atoms with Crippen molar-refractivity contribution in [1.82, 2.24) is 4.98 Å². The molecule has 0 amide bonds. The molecule has 2 rings (SSSR count). The van der Waals surface area contributed by atoms with Gasteiger partial charge >= 0.3 is 0 Å². The van der Waals surface area contributed by atoms with Gasteiger partial charge in [-0.05, 0) is 13.8 Å². The summed E-state index contributed by atoms with van der Waals surface area (Å²) in [4.78, 5) is 4.20. The van der Waals surface area contributed by atoms with Crippen LogP contribution >= 0.6 is 0 Å². The lowest BCUT2D eigenvalue weighted by Gasteiger charge is -2.02. The summed E-state index contributed by atoms with van der Waals surface area (Å²) in [6, 6.07) is 9.36. The molecule has 0 saturated heterocycles. The molecular weight excluding hydrogens is 189 g/mol. The van der Waals surface area contributed by atoms with Gasteiger partial charge in [-0.1, -0.05) is 29.8 Å². The van der Waals surface area contributed by atoms with Gasteiger partial charge in [0.15, 0.2) is 0 Å². The highest BCUT2D eigenvalue weighted by atomic mass is 19.1. The molecule has 2 aromatic rings. The third-order valence-corrected chi connectivity index (χ3v) is 2.38. The minimum Gasteiger partial charge on any atom is -0.256 e. The Morgan fingerprint density at radius 3 is 2.33 bits per heavy atom. The molecule has 0 atom stereocenters. The fourth-order valence-corrected chi connectivity index (χ4v) is 1.38. The number of rotatable bonds is 1. The van der Waals surface area contributed by atoms with Crippen molar-refractivity contribution in [2.24, 2.45) is 0 Å². The van der Waals surface area contributed by atoms with Gasteiger partial charge in [-0.3, -0.25) is 4.98 Å². The van der Waals surface area contributed by atoms with Crippen LogP contribution in [0.15, 0.2) is 36.5 Å². The molecule has 0 spiro atoms. The monoisotopic (exact) mass is 201 g/mol. The van der Waals surface area contributed by atoms with E-state index in [9.17, 15) is 4.39 Å². The van der Waals surface area contributed by atoms with E-state index in [2.05, 4.69) is 4.98 Å². The minimum atomic E-state index is -0.208. The summed E-state index contributed by atoms with van der Waals surface area (Å²) < 4.78 is 13.3. The number of aromatic nitrogens is 1. The first kappa shape index (κ1) is 9.84. The summed E-state index contributed by atoms with van der Waals surface area (Å²) in [5.41, 5.74) is 3.38. The molecule has 15 heavy (non-hydrogen) atoms. The van der Waals surface area contributed by atoms with Crippen molar-refractivity contribution < 1.29 is 4.39 Å². The van der Waals surface area contributed by atoms with Gasteiger partial charge in [0.05, 0.1) is 5.69 Å². The molecule has 1 aromatic heterocycles. The third kappa shape index (κ3) is 2.04. The van der Waals surface area contributed by atoms with Gasteiger partial charge in [0.2, 0.25) is 0 Å². The van der Waals surface area contributed by atoms with E-state index < -0.39 is 0 Å². The van der Waals surface area contributed by atoms with Crippen LogP contribution in [-0.4, -0.2) is 4.98 Å². The van der Waals surface area contributed by atoms with Crippen molar-refractivity contribution in [1.29, 1.82) is 0 Å². The fraction of sp³-hybridized carbons (Fsp3) is 0.154. The van der Waals surface area contributed by atoms with Gasteiger partial charge in [-0.2, -0.15) is 0 Å². The third-order valence-electron chi connectivity index (χ3n) is 2.38. The Labute approximate surface area is 88.6 Å². The van der Waals surface area contributed by atoms with Crippen LogP contribution in [0.1, 0.15) is 11.1 Å². The van der Waals surface area contributed by atoms with E-state index in [1.807, 2.05) is 31.2 Å². The molecule has 0 aliphatic carbocycles. The average Bonchev–Trinajstić information content (AvgIpc) is 2.23. The first-order valence-electron chi connectivity index (χ1n) is 4.86. The molecule has 0 bridgehead atoms. The molecular formula is C13H12FN. The Hall–Kier alpha value is -1.70. The smallest absolute Gasteiger partial charge is 0.129 e. The molecule has 0 radical (unpaired) electrons. The standard InChI is InChI=1S/C13H12FN/c1-9-3-5-11(6-4-9)13-7-12(14)10(2)8-15-13/h3-8H,1-2H3. The van der Waals surface area contributed by atoms with E-state index in [0.717, 1.165) is 5.56 Å². The van der Waals surface area contributed by atoms with E-state index in [-0.39, 0.29) is 5.82 Å². The van der Waals surface area contributed by atoms with Crippen LogP contribution in [0.25, 0.3) is 11.3 Å². The molecule has 0 aliphatic heterocycles. The van der Waals surface area contributed by atoms with Crippen LogP contribution in [0.4, 0.5) is 4.39 Å². The summed E-state index contributed by atoms with van der Waals surface area (Å²) in [6.45, 7) is 3.73. The van der Waals surface area contributed by atoms with Gasteiger partial charge in [0, 0.05) is 23.4 Å². The lowest BCUT2D eigenvalue weighted by molar-refractivity contribution is 0.616. The van der Waals surface area contributed by atoms with Gasteiger partial charge in [-0.25, -0.2) is 4.39 Å². The highest BCUT2D eigenvalue weighted by Gasteiger charge is 2.02. The van der Waals surface area contributed by atoms with E-state index in [1.54, 1.807) is 13.1 Å². The zero-order valence-electron chi connectivity index (χ0n) is 8.79. The maximum atomic E-state index is 13.3. The summed E-state index contributed by atoms with van der Waals surface area (Å²) in [5, 5.41) is 0. The SMILES string of the molecule is Cc1ccc(-c2cc(F)c(C)cn2)cc1. The molecule has 1 nitrogen and oxygen atoms in total. The summed E-state index contributed by atoms with van der Waals surface area (Å²) in [7, 11) is 0. The second-order valence-electron chi connectivity index (χ2n) is 3.68. The van der Waals surface area contributed by atoms with Crippen LogP contribution in [0.2, 0.25) is 0 Å². The largest absolute Gasteiger partial charge is 0.256 e. The first-order valence-corrected chi connectivity index (χ1v) is 4.86. The number of halogens is 1. The molecule has 1 aromatic carbocycles. The highest BCUT2D eigenvalue weighted by Crippen LogP contribution is 2.19.